The summed E-state index contributed by atoms with van der Waals surface area (Å²) >= 11 is 1.62. The van der Waals surface area contributed by atoms with E-state index in [1.165, 1.54) is 6.07 Å². The van der Waals surface area contributed by atoms with Crippen molar-refractivity contribution in [1.29, 1.82) is 0 Å². The number of rotatable bonds is 7. The molecule has 0 saturated carbocycles. The summed E-state index contributed by atoms with van der Waals surface area (Å²) in [5, 5.41) is 10.0. The van der Waals surface area contributed by atoms with Gasteiger partial charge in [-0.1, -0.05) is 6.07 Å². The molecule has 2 aromatic rings. The van der Waals surface area contributed by atoms with Gasteiger partial charge in [0, 0.05) is 36.3 Å². The standard InChI is InChI=1S/C18H24FN5OS/c1-4-20-18(24-11-16-23-10-13(3)26-16)22-8-7-21-17(25)14-6-5-12(2)15(19)9-14/h5-6,9-10H,4,7-8,11H2,1-3H3,(H,21,25)(H2,20,22,24). The molecule has 0 atom stereocenters. The molecule has 26 heavy (non-hydrogen) atoms. The van der Waals surface area contributed by atoms with Crippen LogP contribution in [-0.2, 0) is 6.54 Å². The van der Waals surface area contributed by atoms with Crippen LogP contribution in [0.15, 0.2) is 29.4 Å². The van der Waals surface area contributed by atoms with Gasteiger partial charge in [0.2, 0.25) is 0 Å². The van der Waals surface area contributed by atoms with E-state index in [2.05, 4.69) is 25.9 Å². The topological polar surface area (TPSA) is 78.4 Å². The number of aryl methyl sites for hydroxylation is 2. The van der Waals surface area contributed by atoms with E-state index in [4.69, 9.17) is 0 Å². The maximum absolute atomic E-state index is 13.5. The molecule has 1 aromatic heterocycles. The summed E-state index contributed by atoms with van der Waals surface area (Å²) in [6.45, 7) is 7.80. The molecule has 1 amide bonds. The lowest BCUT2D eigenvalue weighted by Gasteiger charge is -2.11. The Kier molecular flexibility index (Phi) is 7.53. The zero-order chi connectivity index (χ0) is 18.9. The van der Waals surface area contributed by atoms with Gasteiger partial charge in [-0.3, -0.25) is 4.79 Å². The largest absolute Gasteiger partial charge is 0.357 e. The molecule has 0 spiro atoms. The van der Waals surface area contributed by atoms with Gasteiger partial charge >= 0.3 is 0 Å². The Balaban J connectivity index is 1.79. The molecule has 6 nitrogen and oxygen atoms in total. The molecule has 0 saturated heterocycles. The molecule has 0 unspecified atom stereocenters. The molecule has 0 fully saturated rings. The van der Waals surface area contributed by atoms with E-state index in [-0.39, 0.29) is 11.7 Å². The smallest absolute Gasteiger partial charge is 0.251 e. The summed E-state index contributed by atoms with van der Waals surface area (Å²) in [4.78, 5) is 21.9. The summed E-state index contributed by atoms with van der Waals surface area (Å²) in [6.07, 6.45) is 1.83. The SMILES string of the molecule is CCNC(=NCc1ncc(C)s1)NCCNC(=O)c1ccc(C)c(F)c1. The summed E-state index contributed by atoms with van der Waals surface area (Å²) < 4.78 is 13.5. The third-order valence-corrected chi connectivity index (χ3v) is 4.42. The zero-order valence-electron chi connectivity index (χ0n) is 15.2. The zero-order valence-corrected chi connectivity index (χ0v) is 16.0. The van der Waals surface area contributed by atoms with Crippen LogP contribution in [0.3, 0.4) is 0 Å². The first-order valence-electron chi connectivity index (χ1n) is 8.47. The highest BCUT2D eigenvalue weighted by atomic mass is 32.1. The van der Waals surface area contributed by atoms with Crippen molar-refractivity contribution >= 4 is 23.2 Å². The normalized spacial score (nSPS) is 11.3. The summed E-state index contributed by atoms with van der Waals surface area (Å²) in [6, 6.07) is 4.46. The number of aromatic nitrogens is 1. The van der Waals surface area contributed by atoms with Crippen LogP contribution in [0.2, 0.25) is 0 Å². The second-order valence-corrected chi connectivity index (χ2v) is 7.03. The third kappa shape index (κ3) is 6.11. The van der Waals surface area contributed by atoms with E-state index in [0.29, 0.717) is 36.7 Å². The third-order valence-electron chi connectivity index (χ3n) is 3.52. The van der Waals surface area contributed by atoms with Crippen molar-refractivity contribution in [3.05, 3.63) is 51.2 Å². The van der Waals surface area contributed by atoms with Crippen LogP contribution in [0.25, 0.3) is 0 Å². The van der Waals surface area contributed by atoms with Crippen LogP contribution in [0.1, 0.15) is 32.7 Å². The van der Waals surface area contributed by atoms with Gasteiger partial charge in [0.15, 0.2) is 5.96 Å². The first kappa shape index (κ1) is 19.8. The van der Waals surface area contributed by atoms with Crippen LogP contribution >= 0.6 is 11.3 Å². The van der Waals surface area contributed by atoms with Gasteiger partial charge in [-0.2, -0.15) is 0 Å². The molecule has 0 bridgehead atoms. The van der Waals surface area contributed by atoms with Gasteiger partial charge in [-0.15, -0.1) is 11.3 Å². The fraction of sp³-hybridized carbons (Fsp3) is 0.389. The maximum Gasteiger partial charge on any atom is 0.251 e. The summed E-state index contributed by atoms with van der Waals surface area (Å²) in [5.74, 6) is -0.0170. The van der Waals surface area contributed by atoms with Gasteiger partial charge in [-0.05, 0) is 38.5 Å². The van der Waals surface area contributed by atoms with E-state index in [9.17, 15) is 9.18 Å². The summed E-state index contributed by atoms with van der Waals surface area (Å²) in [5.41, 5.74) is 0.831. The Bertz CT molecular complexity index is 775. The number of guanidine groups is 1. The van der Waals surface area contributed by atoms with E-state index >= 15 is 0 Å². The predicted octanol–water partition coefficient (Wildman–Crippen LogP) is 2.38. The lowest BCUT2D eigenvalue weighted by molar-refractivity contribution is 0.0954. The first-order valence-corrected chi connectivity index (χ1v) is 9.29. The van der Waals surface area contributed by atoms with E-state index in [1.807, 2.05) is 20.0 Å². The second kappa shape index (κ2) is 9.86. The van der Waals surface area contributed by atoms with E-state index < -0.39 is 0 Å². The lowest BCUT2D eigenvalue weighted by atomic mass is 10.1. The highest BCUT2D eigenvalue weighted by Crippen LogP contribution is 2.11. The monoisotopic (exact) mass is 377 g/mol. The second-order valence-electron chi connectivity index (χ2n) is 5.71. The average Bonchev–Trinajstić information content (AvgIpc) is 3.04. The van der Waals surface area contributed by atoms with Crippen molar-refractivity contribution in [1.82, 2.24) is 20.9 Å². The fourth-order valence-electron chi connectivity index (χ4n) is 2.16. The molecule has 0 aliphatic carbocycles. The van der Waals surface area contributed by atoms with Crippen LogP contribution in [0.5, 0.6) is 0 Å². The van der Waals surface area contributed by atoms with Crippen molar-refractivity contribution in [2.45, 2.75) is 27.3 Å². The first-order chi connectivity index (χ1) is 12.5. The number of nitrogens with one attached hydrogen (secondary N) is 3. The van der Waals surface area contributed by atoms with Crippen molar-refractivity contribution in [2.75, 3.05) is 19.6 Å². The molecule has 1 heterocycles. The number of carbonyl (C=O) groups excluding carboxylic acids is 1. The molecule has 0 aliphatic heterocycles. The molecule has 0 aliphatic rings. The molecule has 3 N–H and O–H groups in total. The Labute approximate surface area is 157 Å². The number of amides is 1. The van der Waals surface area contributed by atoms with Gasteiger partial charge in [0.25, 0.3) is 5.91 Å². The lowest BCUT2D eigenvalue weighted by Crippen LogP contribution is -2.41. The number of aliphatic imine (C=N–C) groups is 1. The fourth-order valence-corrected chi connectivity index (χ4v) is 2.87. The minimum atomic E-state index is -0.380. The number of benzene rings is 1. The molecule has 8 heteroatoms. The number of carbonyl (C=O) groups is 1. The van der Waals surface area contributed by atoms with Crippen molar-refractivity contribution in [3.8, 4) is 0 Å². The molecule has 2 rings (SSSR count). The van der Waals surface area contributed by atoms with Crippen LogP contribution in [0.4, 0.5) is 4.39 Å². The minimum absolute atomic E-state index is 0.300. The van der Waals surface area contributed by atoms with Crippen molar-refractivity contribution in [2.24, 2.45) is 4.99 Å². The number of thiazole rings is 1. The number of nitrogens with zero attached hydrogens (tertiary/aromatic N) is 2. The number of halogens is 1. The van der Waals surface area contributed by atoms with Crippen molar-refractivity contribution < 1.29 is 9.18 Å². The molecule has 0 radical (unpaired) electrons. The van der Waals surface area contributed by atoms with Crippen LogP contribution < -0.4 is 16.0 Å². The maximum atomic E-state index is 13.5. The molecular weight excluding hydrogens is 353 g/mol. The van der Waals surface area contributed by atoms with E-state index in [0.717, 1.165) is 16.4 Å². The van der Waals surface area contributed by atoms with Crippen LogP contribution in [-0.4, -0.2) is 36.5 Å². The number of hydrogen-bond acceptors (Lipinski definition) is 4. The molecule has 140 valence electrons. The Morgan fingerprint density at radius 1 is 1.23 bits per heavy atom. The highest BCUT2D eigenvalue weighted by molar-refractivity contribution is 7.11. The van der Waals surface area contributed by atoms with Gasteiger partial charge in [0.1, 0.15) is 10.8 Å². The highest BCUT2D eigenvalue weighted by Gasteiger charge is 2.07. The Hall–Kier alpha value is -2.48. The molecular formula is C18H24FN5OS. The Morgan fingerprint density at radius 2 is 2.00 bits per heavy atom. The van der Waals surface area contributed by atoms with E-state index in [1.54, 1.807) is 30.4 Å². The number of hydrogen-bond donors (Lipinski definition) is 3. The quantitative estimate of drug-likeness (QED) is 0.393. The van der Waals surface area contributed by atoms with Gasteiger partial charge < -0.3 is 16.0 Å². The average molecular weight is 377 g/mol. The molecule has 1 aromatic carbocycles. The van der Waals surface area contributed by atoms with Gasteiger partial charge in [0.05, 0.1) is 6.54 Å². The summed E-state index contributed by atoms with van der Waals surface area (Å²) in [7, 11) is 0. The predicted molar refractivity (Wildman–Crippen MR) is 103 cm³/mol. The van der Waals surface area contributed by atoms with Crippen LogP contribution in [0, 0.1) is 19.7 Å². The minimum Gasteiger partial charge on any atom is -0.357 e. The van der Waals surface area contributed by atoms with Gasteiger partial charge in [-0.25, -0.2) is 14.4 Å². The van der Waals surface area contributed by atoms with Crippen molar-refractivity contribution in [3.63, 3.8) is 0 Å². The Morgan fingerprint density at radius 3 is 2.65 bits per heavy atom.